The molecule has 0 aliphatic rings. The van der Waals surface area contributed by atoms with Gasteiger partial charge in [0.15, 0.2) is 5.13 Å². The van der Waals surface area contributed by atoms with E-state index in [9.17, 15) is 0 Å². The molecule has 76 valence electrons. The molecule has 0 radical (unpaired) electrons. The molecule has 0 bridgehead atoms. The molecule has 0 aliphatic heterocycles. The van der Waals surface area contributed by atoms with E-state index in [1.54, 1.807) is 0 Å². The van der Waals surface area contributed by atoms with Crippen LogP contribution in [0.15, 0.2) is 36.2 Å². The van der Waals surface area contributed by atoms with Gasteiger partial charge in [-0.25, -0.2) is 4.98 Å². The summed E-state index contributed by atoms with van der Waals surface area (Å²) in [4.78, 5) is 4.23. The van der Waals surface area contributed by atoms with Crippen LogP contribution < -0.4 is 5.73 Å². The highest BCUT2D eigenvalue weighted by atomic mass is 32.1. The van der Waals surface area contributed by atoms with Gasteiger partial charge in [-0.15, -0.1) is 11.3 Å². The number of nitrogens with zero attached hydrogens (tertiary/aromatic N) is 1. The first-order valence-corrected chi connectivity index (χ1v) is 5.52. The third kappa shape index (κ3) is 2.07. The monoisotopic (exact) mass is 216 g/mol. The second-order valence-corrected chi connectivity index (χ2v) is 4.32. The topological polar surface area (TPSA) is 38.9 Å². The third-order valence-electron chi connectivity index (χ3n) is 2.20. The van der Waals surface area contributed by atoms with Gasteiger partial charge in [0.1, 0.15) is 0 Å². The Kier molecular flexibility index (Phi) is 2.56. The fraction of sp³-hybridized carbons (Fsp3) is 0.0833. The highest BCUT2D eigenvalue weighted by Crippen LogP contribution is 2.24. The van der Waals surface area contributed by atoms with Crippen molar-refractivity contribution in [3.8, 4) is 11.3 Å². The van der Waals surface area contributed by atoms with Crippen LogP contribution in [0.4, 0.5) is 5.13 Å². The number of hydrogen-bond donors (Lipinski definition) is 1. The summed E-state index contributed by atoms with van der Waals surface area (Å²) in [5.74, 6) is 0. The van der Waals surface area contributed by atoms with Crippen LogP contribution >= 0.6 is 11.3 Å². The standard InChI is InChI=1S/C12H12N2S/c1-8(2)9-3-5-10(6-4-9)11-7-15-12(13)14-11/h3-7H,1H2,2H3,(H2,13,14). The summed E-state index contributed by atoms with van der Waals surface area (Å²) in [6.45, 7) is 5.89. The van der Waals surface area contributed by atoms with Crippen molar-refractivity contribution in [1.82, 2.24) is 4.98 Å². The molecule has 2 N–H and O–H groups in total. The van der Waals surface area contributed by atoms with Gasteiger partial charge < -0.3 is 5.73 Å². The molecule has 0 saturated heterocycles. The van der Waals surface area contributed by atoms with Crippen molar-refractivity contribution in [3.05, 3.63) is 41.8 Å². The number of nitrogens with two attached hydrogens (primary N) is 1. The van der Waals surface area contributed by atoms with Gasteiger partial charge in [-0.1, -0.05) is 36.4 Å². The summed E-state index contributed by atoms with van der Waals surface area (Å²) < 4.78 is 0. The summed E-state index contributed by atoms with van der Waals surface area (Å²) in [6.07, 6.45) is 0. The molecule has 0 unspecified atom stereocenters. The molecule has 0 spiro atoms. The van der Waals surface area contributed by atoms with Crippen molar-refractivity contribution in [2.75, 3.05) is 5.73 Å². The molecule has 2 nitrogen and oxygen atoms in total. The first-order valence-electron chi connectivity index (χ1n) is 4.64. The van der Waals surface area contributed by atoms with E-state index in [-0.39, 0.29) is 0 Å². The van der Waals surface area contributed by atoms with Crippen LogP contribution in [0.5, 0.6) is 0 Å². The van der Waals surface area contributed by atoms with Crippen molar-refractivity contribution in [3.63, 3.8) is 0 Å². The average molecular weight is 216 g/mol. The fourth-order valence-electron chi connectivity index (χ4n) is 1.35. The number of thiazole rings is 1. The molecule has 15 heavy (non-hydrogen) atoms. The summed E-state index contributed by atoms with van der Waals surface area (Å²) in [6, 6.07) is 8.18. The van der Waals surface area contributed by atoms with Gasteiger partial charge in [-0.05, 0) is 12.5 Å². The van der Waals surface area contributed by atoms with Crippen LogP contribution in [0.25, 0.3) is 16.8 Å². The van der Waals surface area contributed by atoms with Gasteiger partial charge in [-0.3, -0.25) is 0 Å². The molecule has 2 aromatic rings. The maximum Gasteiger partial charge on any atom is 0.180 e. The Morgan fingerprint density at radius 1 is 1.33 bits per heavy atom. The second-order valence-electron chi connectivity index (χ2n) is 3.43. The Balaban J connectivity index is 2.35. The summed E-state index contributed by atoms with van der Waals surface area (Å²) in [5.41, 5.74) is 9.84. The van der Waals surface area contributed by atoms with Crippen LogP contribution in [0.2, 0.25) is 0 Å². The third-order valence-corrected chi connectivity index (χ3v) is 2.87. The van der Waals surface area contributed by atoms with E-state index in [0.29, 0.717) is 5.13 Å². The van der Waals surface area contributed by atoms with E-state index in [1.165, 1.54) is 11.3 Å². The quantitative estimate of drug-likeness (QED) is 0.835. The van der Waals surface area contributed by atoms with Gasteiger partial charge in [-0.2, -0.15) is 0 Å². The van der Waals surface area contributed by atoms with E-state index < -0.39 is 0 Å². The SMILES string of the molecule is C=C(C)c1ccc(-c2csc(N)n2)cc1. The van der Waals surface area contributed by atoms with Crippen LogP contribution in [0, 0.1) is 0 Å². The molecule has 3 heteroatoms. The zero-order chi connectivity index (χ0) is 10.8. The van der Waals surface area contributed by atoms with Gasteiger partial charge in [0.25, 0.3) is 0 Å². The van der Waals surface area contributed by atoms with Crippen molar-refractivity contribution in [2.45, 2.75) is 6.92 Å². The minimum atomic E-state index is 0.606. The molecule has 2 rings (SSSR count). The fourth-order valence-corrected chi connectivity index (χ4v) is 1.92. The largest absolute Gasteiger partial charge is 0.375 e. The Morgan fingerprint density at radius 2 is 2.00 bits per heavy atom. The number of nitrogen functional groups attached to an aromatic ring is 1. The minimum absolute atomic E-state index is 0.606. The Labute approximate surface area is 93.1 Å². The first kappa shape index (κ1) is 9.93. The molecule has 0 saturated carbocycles. The van der Waals surface area contributed by atoms with E-state index in [1.807, 2.05) is 36.6 Å². The maximum absolute atomic E-state index is 5.59. The lowest BCUT2D eigenvalue weighted by Crippen LogP contribution is -1.83. The number of allylic oxidation sites excluding steroid dienone is 1. The lowest BCUT2D eigenvalue weighted by Gasteiger charge is -2.00. The van der Waals surface area contributed by atoms with Gasteiger partial charge >= 0.3 is 0 Å². The van der Waals surface area contributed by atoms with Crippen molar-refractivity contribution >= 4 is 22.0 Å². The number of rotatable bonds is 2. The molecular weight excluding hydrogens is 204 g/mol. The van der Waals surface area contributed by atoms with Crippen molar-refractivity contribution < 1.29 is 0 Å². The average Bonchev–Trinajstić information content (AvgIpc) is 2.65. The molecule has 1 aromatic heterocycles. The van der Waals surface area contributed by atoms with E-state index in [4.69, 9.17) is 5.73 Å². The highest BCUT2D eigenvalue weighted by molar-refractivity contribution is 7.13. The van der Waals surface area contributed by atoms with Gasteiger partial charge in [0, 0.05) is 10.9 Å². The van der Waals surface area contributed by atoms with Gasteiger partial charge in [0.2, 0.25) is 0 Å². The molecule has 1 heterocycles. The molecule has 0 amide bonds. The summed E-state index contributed by atoms with van der Waals surface area (Å²) in [7, 11) is 0. The lowest BCUT2D eigenvalue weighted by molar-refractivity contribution is 1.41. The van der Waals surface area contributed by atoms with E-state index in [2.05, 4.69) is 11.6 Å². The van der Waals surface area contributed by atoms with E-state index in [0.717, 1.165) is 22.4 Å². The molecule has 0 atom stereocenters. The van der Waals surface area contributed by atoms with Crippen molar-refractivity contribution in [2.24, 2.45) is 0 Å². The summed E-state index contributed by atoms with van der Waals surface area (Å²) >= 11 is 1.46. The number of hydrogen-bond acceptors (Lipinski definition) is 3. The Hall–Kier alpha value is -1.61. The summed E-state index contributed by atoms with van der Waals surface area (Å²) in [5, 5.41) is 2.57. The lowest BCUT2D eigenvalue weighted by atomic mass is 10.1. The molecular formula is C12H12N2S. The van der Waals surface area contributed by atoms with Crippen LogP contribution in [0.1, 0.15) is 12.5 Å². The Morgan fingerprint density at radius 3 is 2.47 bits per heavy atom. The van der Waals surface area contributed by atoms with Gasteiger partial charge in [0.05, 0.1) is 5.69 Å². The maximum atomic E-state index is 5.59. The normalized spacial score (nSPS) is 10.2. The predicted molar refractivity (Wildman–Crippen MR) is 66.7 cm³/mol. The minimum Gasteiger partial charge on any atom is -0.375 e. The van der Waals surface area contributed by atoms with Crippen LogP contribution in [-0.2, 0) is 0 Å². The zero-order valence-electron chi connectivity index (χ0n) is 8.53. The number of aromatic nitrogens is 1. The highest BCUT2D eigenvalue weighted by Gasteiger charge is 2.02. The smallest absolute Gasteiger partial charge is 0.180 e. The number of benzene rings is 1. The molecule has 1 aromatic carbocycles. The van der Waals surface area contributed by atoms with Crippen LogP contribution in [-0.4, -0.2) is 4.98 Å². The molecule has 0 aliphatic carbocycles. The van der Waals surface area contributed by atoms with Crippen molar-refractivity contribution in [1.29, 1.82) is 0 Å². The second kappa shape index (κ2) is 3.87. The zero-order valence-corrected chi connectivity index (χ0v) is 9.34. The molecule has 0 fully saturated rings. The van der Waals surface area contributed by atoms with Crippen LogP contribution in [0.3, 0.4) is 0 Å². The number of anilines is 1. The van der Waals surface area contributed by atoms with E-state index >= 15 is 0 Å². The first-order chi connectivity index (χ1) is 7.16. The Bertz CT molecular complexity index is 483. The predicted octanol–water partition coefficient (Wildman–Crippen LogP) is 3.43.